The number of likely N-dealkylation sites (N-methyl/N-ethyl adjacent to an activating group) is 1. The van der Waals surface area contributed by atoms with E-state index in [9.17, 15) is 14.7 Å². The van der Waals surface area contributed by atoms with Gasteiger partial charge in [0.2, 0.25) is 5.91 Å². The first-order valence-corrected chi connectivity index (χ1v) is 9.79. The van der Waals surface area contributed by atoms with E-state index in [4.69, 9.17) is 5.73 Å². The first-order valence-electron chi connectivity index (χ1n) is 9.79. The highest BCUT2D eigenvalue weighted by molar-refractivity contribution is 5.88. The highest BCUT2D eigenvalue weighted by atomic mass is 16.3. The molecule has 1 aliphatic rings. The Kier molecular flexibility index (Phi) is 6.85. The summed E-state index contributed by atoms with van der Waals surface area (Å²) in [6, 6.07) is 16.3. The summed E-state index contributed by atoms with van der Waals surface area (Å²) in [6.07, 6.45) is 0.683. The van der Waals surface area contributed by atoms with Crippen LogP contribution in [0.3, 0.4) is 0 Å². The second kappa shape index (κ2) is 9.54. The Bertz CT molecular complexity index is 843. The Morgan fingerprint density at radius 3 is 2.66 bits per heavy atom. The van der Waals surface area contributed by atoms with Crippen LogP contribution in [0.5, 0.6) is 0 Å². The molecule has 1 saturated heterocycles. The van der Waals surface area contributed by atoms with Crippen molar-refractivity contribution in [3.8, 4) is 0 Å². The number of carbonyl (C=O) groups excluding carboxylic acids is 2. The van der Waals surface area contributed by atoms with Crippen molar-refractivity contribution in [2.75, 3.05) is 32.0 Å². The summed E-state index contributed by atoms with van der Waals surface area (Å²) in [5.74, 6) is -0.0187. The maximum atomic E-state index is 13.0. The van der Waals surface area contributed by atoms with Crippen molar-refractivity contribution in [3.05, 3.63) is 65.7 Å². The summed E-state index contributed by atoms with van der Waals surface area (Å²) in [4.78, 5) is 28.1. The Morgan fingerprint density at radius 1 is 1.24 bits per heavy atom. The van der Waals surface area contributed by atoms with Gasteiger partial charge in [0.05, 0.1) is 18.6 Å². The Balaban J connectivity index is 1.73. The molecule has 29 heavy (non-hydrogen) atoms. The molecule has 1 aliphatic heterocycles. The Morgan fingerprint density at radius 2 is 2.00 bits per heavy atom. The van der Waals surface area contributed by atoms with Crippen LogP contribution in [-0.2, 0) is 11.2 Å². The van der Waals surface area contributed by atoms with Gasteiger partial charge in [-0.1, -0.05) is 42.5 Å². The molecule has 3 rings (SSSR count). The van der Waals surface area contributed by atoms with Crippen molar-refractivity contribution in [2.24, 2.45) is 5.73 Å². The molecular weight excluding hydrogens is 368 g/mol. The molecule has 154 valence electrons. The molecule has 0 saturated carbocycles. The van der Waals surface area contributed by atoms with Gasteiger partial charge in [0.25, 0.3) is 0 Å². The number of hydrogen-bond donors (Lipinski definition) is 3. The number of amides is 3. The van der Waals surface area contributed by atoms with E-state index in [2.05, 4.69) is 10.2 Å². The molecule has 0 spiro atoms. The van der Waals surface area contributed by atoms with Crippen LogP contribution in [0.1, 0.15) is 23.6 Å². The molecule has 7 nitrogen and oxygen atoms in total. The quantitative estimate of drug-likeness (QED) is 0.666. The molecule has 2 aromatic rings. The van der Waals surface area contributed by atoms with Crippen LogP contribution in [0.2, 0.25) is 0 Å². The molecular formula is C22H28N4O3. The van der Waals surface area contributed by atoms with Crippen molar-refractivity contribution in [1.82, 2.24) is 9.80 Å². The Hall–Kier alpha value is -2.90. The predicted octanol–water partition coefficient (Wildman–Crippen LogP) is 1.99. The van der Waals surface area contributed by atoms with Crippen LogP contribution in [-0.4, -0.2) is 59.6 Å². The number of aliphatic hydroxyl groups excluding tert-OH is 1. The zero-order valence-corrected chi connectivity index (χ0v) is 16.6. The van der Waals surface area contributed by atoms with E-state index in [1.54, 1.807) is 23.1 Å². The lowest BCUT2D eigenvalue weighted by Gasteiger charge is -2.32. The first-order chi connectivity index (χ1) is 13.9. The molecule has 0 aliphatic carbocycles. The van der Waals surface area contributed by atoms with Gasteiger partial charge in [-0.05, 0) is 29.7 Å². The van der Waals surface area contributed by atoms with Gasteiger partial charge in [0.1, 0.15) is 0 Å². The van der Waals surface area contributed by atoms with Gasteiger partial charge in [-0.3, -0.25) is 9.69 Å². The lowest BCUT2D eigenvalue weighted by atomic mass is 10.0. The van der Waals surface area contributed by atoms with Gasteiger partial charge in [0, 0.05) is 32.4 Å². The second-order valence-corrected chi connectivity index (χ2v) is 7.50. The smallest absolute Gasteiger partial charge is 0.316 e. The fourth-order valence-corrected chi connectivity index (χ4v) is 3.72. The van der Waals surface area contributed by atoms with Crippen LogP contribution >= 0.6 is 0 Å². The van der Waals surface area contributed by atoms with Crippen LogP contribution < -0.4 is 11.1 Å². The summed E-state index contributed by atoms with van der Waals surface area (Å²) < 4.78 is 0. The van der Waals surface area contributed by atoms with Gasteiger partial charge in [-0.15, -0.1) is 0 Å². The number of benzene rings is 2. The van der Waals surface area contributed by atoms with E-state index >= 15 is 0 Å². The molecule has 0 radical (unpaired) electrons. The van der Waals surface area contributed by atoms with E-state index < -0.39 is 6.03 Å². The van der Waals surface area contributed by atoms with Gasteiger partial charge in [-0.2, -0.15) is 0 Å². The number of anilines is 1. The summed E-state index contributed by atoms with van der Waals surface area (Å²) in [5.41, 5.74) is 7.60. The minimum Gasteiger partial charge on any atom is -0.392 e. The zero-order valence-electron chi connectivity index (χ0n) is 16.6. The molecule has 7 heteroatoms. The standard InChI is InChI=1S/C22H28N4O3/c1-25(21(28)13-16-6-5-9-18(12-16)24-22(23)29)20(17-7-3-2-4-8-17)15-26-11-10-19(27)14-26/h2-9,12,19-20,27H,10-11,13-15H2,1H3,(H3,23,24,29)/t19-,20?/m0/s1. The number of hydrogen-bond acceptors (Lipinski definition) is 4. The van der Waals surface area contributed by atoms with Crippen LogP contribution in [0.4, 0.5) is 10.5 Å². The molecule has 0 aromatic heterocycles. The number of nitrogens with zero attached hydrogens (tertiary/aromatic N) is 2. The number of nitrogens with two attached hydrogens (primary N) is 1. The fourth-order valence-electron chi connectivity index (χ4n) is 3.72. The maximum absolute atomic E-state index is 13.0. The SMILES string of the molecule is CN(C(=O)Cc1cccc(NC(N)=O)c1)C(CN1CC[C@H](O)C1)c1ccccc1. The largest absolute Gasteiger partial charge is 0.392 e. The molecule has 2 aromatic carbocycles. The van der Waals surface area contributed by atoms with Crippen LogP contribution in [0.25, 0.3) is 0 Å². The molecule has 3 amide bonds. The van der Waals surface area contributed by atoms with Crippen molar-refractivity contribution >= 4 is 17.6 Å². The van der Waals surface area contributed by atoms with E-state index in [0.717, 1.165) is 24.1 Å². The summed E-state index contributed by atoms with van der Waals surface area (Å²) in [6.45, 7) is 2.13. The molecule has 4 N–H and O–H groups in total. The van der Waals surface area contributed by atoms with Gasteiger partial charge in [-0.25, -0.2) is 4.79 Å². The molecule has 0 bridgehead atoms. The lowest BCUT2D eigenvalue weighted by Crippen LogP contribution is -2.39. The Labute approximate surface area is 171 Å². The summed E-state index contributed by atoms with van der Waals surface area (Å²) in [7, 11) is 1.82. The van der Waals surface area contributed by atoms with Crippen molar-refractivity contribution in [1.29, 1.82) is 0 Å². The highest BCUT2D eigenvalue weighted by Crippen LogP contribution is 2.24. The number of primary amides is 1. The molecule has 1 heterocycles. The minimum absolute atomic E-state index is 0.0187. The van der Waals surface area contributed by atoms with Gasteiger partial charge < -0.3 is 21.1 Å². The minimum atomic E-state index is -0.637. The van der Waals surface area contributed by atoms with Gasteiger partial charge in [0.15, 0.2) is 0 Å². The number of nitrogens with one attached hydrogen (secondary N) is 1. The van der Waals surface area contributed by atoms with Crippen LogP contribution in [0.15, 0.2) is 54.6 Å². The number of rotatable bonds is 7. The highest BCUT2D eigenvalue weighted by Gasteiger charge is 2.28. The maximum Gasteiger partial charge on any atom is 0.316 e. The average Bonchev–Trinajstić information content (AvgIpc) is 3.11. The number of likely N-dealkylation sites (tertiary alicyclic amines) is 1. The van der Waals surface area contributed by atoms with E-state index in [1.165, 1.54) is 0 Å². The monoisotopic (exact) mass is 396 g/mol. The number of carbonyl (C=O) groups is 2. The van der Waals surface area contributed by atoms with Crippen molar-refractivity contribution in [2.45, 2.75) is 25.0 Å². The third-order valence-electron chi connectivity index (χ3n) is 5.27. The number of aliphatic hydroxyl groups is 1. The topological polar surface area (TPSA) is 98.9 Å². The summed E-state index contributed by atoms with van der Waals surface area (Å²) >= 11 is 0. The zero-order chi connectivity index (χ0) is 20.8. The molecule has 1 unspecified atom stereocenters. The average molecular weight is 396 g/mol. The van der Waals surface area contributed by atoms with Crippen molar-refractivity contribution in [3.63, 3.8) is 0 Å². The lowest BCUT2D eigenvalue weighted by molar-refractivity contribution is -0.131. The second-order valence-electron chi connectivity index (χ2n) is 7.50. The molecule has 1 fully saturated rings. The van der Waals surface area contributed by atoms with E-state index in [0.29, 0.717) is 18.8 Å². The van der Waals surface area contributed by atoms with E-state index in [1.807, 2.05) is 43.4 Å². The van der Waals surface area contributed by atoms with Gasteiger partial charge >= 0.3 is 6.03 Å². The number of urea groups is 1. The normalized spacial score (nSPS) is 17.7. The van der Waals surface area contributed by atoms with Crippen LogP contribution in [0, 0.1) is 0 Å². The third kappa shape index (κ3) is 5.79. The van der Waals surface area contributed by atoms with Crippen molar-refractivity contribution < 1.29 is 14.7 Å². The first kappa shape index (κ1) is 20.8. The number of β-amino-alcohol motifs (C(OH)–C–C–N with tert-alkyl or cyclic N) is 1. The van der Waals surface area contributed by atoms with E-state index in [-0.39, 0.29) is 24.5 Å². The summed E-state index contributed by atoms with van der Waals surface area (Å²) in [5, 5.41) is 12.4. The predicted molar refractivity (Wildman–Crippen MR) is 112 cm³/mol. The fraction of sp³-hybridized carbons (Fsp3) is 0.364. The molecule has 2 atom stereocenters. The third-order valence-corrected chi connectivity index (χ3v) is 5.27.